The Bertz CT molecular complexity index is 170. The molecule has 1 heterocycles. The van der Waals surface area contributed by atoms with Crippen molar-refractivity contribution in [2.24, 2.45) is 5.73 Å². The Morgan fingerprint density at radius 1 is 1.75 bits per heavy atom. The van der Waals surface area contributed by atoms with E-state index >= 15 is 0 Å². The van der Waals surface area contributed by atoms with Crippen LogP contribution < -0.4 is 5.73 Å². The maximum Gasteiger partial charge on any atom is 0.239 e. The van der Waals surface area contributed by atoms with Crippen molar-refractivity contribution in [2.75, 3.05) is 20.2 Å². The molecule has 0 aromatic carbocycles. The first-order valence-corrected chi connectivity index (χ1v) is 4.22. The van der Waals surface area contributed by atoms with E-state index in [0.29, 0.717) is 6.54 Å². The summed E-state index contributed by atoms with van der Waals surface area (Å²) in [5.74, 6) is 0.0227. The number of likely N-dealkylation sites (tertiary alicyclic amines) is 1. The average Bonchev–Trinajstić information content (AvgIpc) is 2.50. The molecule has 1 saturated heterocycles. The van der Waals surface area contributed by atoms with E-state index in [4.69, 9.17) is 10.5 Å². The van der Waals surface area contributed by atoms with Gasteiger partial charge in [-0.05, 0) is 13.3 Å². The van der Waals surface area contributed by atoms with Crippen molar-refractivity contribution in [2.45, 2.75) is 25.5 Å². The molecular weight excluding hydrogens is 156 g/mol. The van der Waals surface area contributed by atoms with Crippen molar-refractivity contribution >= 4 is 5.91 Å². The fourth-order valence-electron chi connectivity index (χ4n) is 1.41. The SMILES string of the molecule is CO[C@@H]1CCN(C(=O)[C@H](C)N)C1. The number of ether oxygens (including phenoxy) is 1. The molecule has 4 nitrogen and oxygen atoms in total. The summed E-state index contributed by atoms with van der Waals surface area (Å²) in [5.41, 5.74) is 5.47. The van der Waals surface area contributed by atoms with Gasteiger partial charge in [0, 0.05) is 20.2 Å². The molecule has 70 valence electrons. The first kappa shape index (κ1) is 9.48. The highest BCUT2D eigenvalue weighted by molar-refractivity contribution is 5.81. The molecule has 1 aliphatic heterocycles. The smallest absolute Gasteiger partial charge is 0.239 e. The molecule has 0 spiro atoms. The highest BCUT2D eigenvalue weighted by atomic mass is 16.5. The molecule has 2 atom stereocenters. The number of hydrogen-bond donors (Lipinski definition) is 1. The minimum Gasteiger partial charge on any atom is -0.380 e. The molecule has 0 aromatic rings. The minimum absolute atomic E-state index is 0.0227. The van der Waals surface area contributed by atoms with Crippen LogP contribution in [0.2, 0.25) is 0 Å². The topological polar surface area (TPSA) is 55.6 Å². The summed E-state index contributed by atoms with van der Waals surface area (Å²) in [4.78, 5) is 13.1. The summed E-state index contributed by atoms with van der Waals surface area (Å²) in [7, 11) is 1.67. The first-order chi connectivity index (χ1) is 5.65. The van der Waals surface area contributed by atoms with Crippen molar-refractivity contribution in [3.05, 3.63) is 0 Å². The number of amides is 1. The second-order valence-corrected chi connectivity index (χ2v) is 3.22. The van der Waals surface area contributed by atoms with E-state index in [1.165, 1.54) is 0 Å². The molecular formula is C8H16N2O2. The second-order valence-electron chi connectivity index (χ2n) is 3.22. The van der Waals surface area contributed by atoms with Gasteiger partial charge in [-0.25, -0.2) is 0 Å². The Balaban J connectivity index is 2.41. The van der Waals surface area contributed by atoms with Gasteiger partial charge in [0.15, 0.2) is 0 Å². The fraction of sp³-hybridized carbons (Fsp3) is 0.875. The summed E-state index contributed by atoms with van der Waals surface area (Å²) >= 11 is 0. The zero-order valence-electron chi connectivity index (χ0n) is 7.62. The van der Waals surface area contributed by atoms with Gasteiger partial charge < -0.3 is 15.4 Å². The number of nitrogens with zero attached hydrogens (tertiary/aromatic N) is 1. The van der Waals surface area contributed by atoms with Gasteiger partial charge in [0.05, 0.1) is 12.1 Å². The quantitative estimate of drug-likeness (QED) is 0.615. The van der Waals surface area contributed by atoms with Crippen LogP contribution in [0.25, 0.3) is 0 Å². The third-order valence-electron chi connectivity index (χ3n) is 2.18. The lowest BCUT2D eigenvalue weighted by Gasteiger charge is -2.17. The van der Waals surface area contributed by atoms with E-state index in [2.05, 4.69) is 0 Å². The van der Waals surface area contributed by atoms with E-state index in [1.807, 2.05) is 0 Å². The number of carbonyl (C=O) groups is 1. The summed E-state index contributed by atoms with van der Waals surface area (Å²) in [5, 5.41) is 0. The van der Waals surface area contributed by atoms with Crippen molar-refractivity contribution in [3.8, 4) is 0 Å². The van der Waals surface area contributed by atoms with E-state index in [1.54, 1.807) is 18.9 Å². The predicted molar refractivity (Wildman–Crippen MR) is 45.6 cm³/mol. The molecule has 0 unspecified atom stereocenters. The van der Waals surface area contributed by atoms with Gasteiger partial charge in [-0.15, -0.1) is 0 Å². The molecule has 1 fully saturated rings. The minimum atomic E-state index is -0.388. The monoisotopic (exact) mass is 172 g/mol. The predicted octanol–water partition coefficient (Wildman–Crippen LogP) is -0.419. The molecule has 1 amide bonds. The molecule has 1 aliphatic rings. The number of methoxy groups -OCH3 is 1. The van der Waals surface area contributed by atoms with Gasteiger partial charge >= 0.3 is 0 Å². The van der Waals surface area contributed by atoms with Crippen molar-refractivity contribution in [1.82, 2.24) is 4.90 Å². The van der Waals surface area contributed by atoms with Crippen LogP contribution in [-0.2, 0) is 9.53 Å². The third kappa shape index (κ3) is 1.95. The summed E-state index contributed by atoms with van der Waals surface area (Å²) in [6.45, 7) is 3.18. The number of carbonyl (C=O) groups excluding carboxylic acids is 1. The summed E-state index contributed by atoms with van der Waals surface area (Å²) in [6, 6.07) is -0.388. The molecule has 12 heavy (non-hydrogen) atoms. The number of rotatable bonds is 2. The van der Waals surface area contributed by atoms with Crippen molar-refractivity contribution in [1.29, 1.82) is 0 Å². The van der Waals surface area contributed by atoms with Crippen molar-refractivity contribution in [3.63, 3.8) is 0 Å². The number of nitrogens with two attached hydrogens (primary N) is 1. The first-order valence-electron chi connectivity index (χ1n) is 4.22. The molecule has 0 aliphatic carbocycles. The fourth-order valence-corrected chi connectivity index (χ4v) is 1.41. The van der Waals surface area contributed by atoms with Gasteiger partial charge in [0.25, 0.3) is 0 Å². The Labute approximate surface area is 72.7 Å². The third-order valence-corrected chi connectivity index (χ3v) is 2.18. The standard InChI is InChI=1S/C8H16N2O2/c1-6(9)8(11)10-4-3-7(5-10)12-2/h6-7H,3-5,9H2,1-2H3/t6-,7+/m0/s1. The molecule has 0 radical (unpaired) electrons. The van der Waals surface area contributed by atoms with E-state index in [9.17, 15) is 4.79 Å². The van der Waals surface area contributed by atoms with Crippen LogP contribution in [0, 0.1) is 0 Å². The highest BCUT2D eigenvalue weighted by Gasteiger charge is 2.27. The van der Waals surface area contributed by atoms with Crippen LogP contribution in [0.15, 0.2) is 0 Å². The largest absolute Gasteiger partial charge is 0.380 e. The zero-order chi connectivity index (χ0) is 9.14. The second kappa shape index (κ2) is 3.87. The van der Waals surface area contributed by atoms with Crippen LogP contribution in [0.5, 0.6) is 0 Å². The Kier molecular flexibility index (Phi) is 3.05. The Morgan fingerprint density at radius 3 is 2.83 bits per heavy atom. The lowest BCUT2D eigenvalue weighted by molar-refractivity contribution is -0.131. The van der Waals surface area contributed by atoms with Gasteiger partial charge in [0.2, 0.25) is 5.91 Å². The van der Waals surface area contributed by atoms with E-state index < -0.39 is 0 Å². The van der Waals surface area contributed by atoms with E-state index in [-0.39, 0.29) is 18.1 Å². The van der Waals surface area contributed by atoms with Crippen LogP contribution in [0.3, 0.4) is 0 Å². The van der Waals surface area contributed by atoms with Crippen LogP contribution in [-0.4, -0.2) is 43.2 Å². The maximum atomic E-state index is 11.4. The lowest BCUT2D eigenvalue weighted by Crippen LogP contribution is -2.41. The Morgan fingerprint density at radius 2 is 2.42 bits per heavy atom. The maximum absolute atomic E-state index is 11.4. The molecule has 2 N–H and O–H groups in total. The van der Waals surface area contributed by atoms with Gasteiger partial charge in [-0.1, -0.05) is 0 Å². The average molecular weight is 172 g/mol. The molecule has 1 rings (SSSR count). The van der Waals surface area contributed by atoms with Crippen molar-refractivity contribution < 1.29 is 9.53 Å². The van der Waals surface area contributed by atoms with E-state index in [0.717, 1.165) is 13.0 Å². The molecule has 4 heteroatoms. The molecule has 0 bridgehead atoms. The van der Waals surface area contributed by atoms with Gasteiger partial charge in [-0.3, -0.25) is 4.79 Å². The van der Waals surface area contributed by atoms with Gasteiger partial charge in [-0.2, -0.15) is 0 Å². The number of hydrogen-bond acceptors (Lipinski definition) is 3. The molecule has 0 aromatic heterocycles. The Hall–Kier alpha value is -0.610. The molecule has 0 saturated carbocycles. The van der Waals surface area contributed by atoms with Gasteiger partial charge in [0.1, 0.15) is 0 Å². The van der Waals surface area contributed by atoms with Crippen LogP contribution in [0.1, 0.15) is 13.3 Å². The lowest BCUT2D eigenvalue weighted by atomic mass is 10.3. The summed E-state index contributed by atoms with van der Waals surface area (Å²) < 4.78 is 5.14. The van der Waals surface area contributed by atoms with Crippen LogP contribution in [0.4, 0.5) is 0 Å². The van der Waals surface area contributed by atoms with Crippen LogP contribution >= 0.6 is 0 Å². The normalized spacial score (nSPS) is 25.9. The highest BCUT2D eigenvalue weighted by Crippen LogP contribution is 2.12. The zero-order valence-corrected chi connectivity index (χ0v) is 7.62. The summed E-state index contributed by atoms with van der Waals surface area (Å²) in [6.07, 6.45) is 1.13.